The summed E-state index contributed by atoms with van der Waals surface area (Å²) in [6.45, 7) is 2.01. The van der Waals surface area contributed by atoms with E-state index < -0.39 is 0 Å². The Morgan fingerprint density at radius 3 is 2.60 bits per heavy atom. The molecule has 0 aliphatic heterocycles. The molecule has 20 heavy (non-hydrogen) atoms. The molecule has 2 rings (SSSR count). The highest BCUT2D eigenvalue weighted by Crippen LogP contribution is 2.21. The number of aryl methyl sites for hydroxylation is 1. The van der Waals surface area contributed by atoms with Crippen molar-refractivity contribution in [3.63, 3.8) is 0 Å². The van der Waals surface area contributed by atoms with Crippen LogP contribution in [0.4, 0.5) is 0 Å². The van der Waals surface area contributed by atoms with Crippen LogP contribution in [0.5, 0.6) is 0 Å². The van der Waals surface area contributed by atoms with Crippen LogP contribution in [-0.4, -0.2) is 17.9 Å². The lowest BCUT2D eigenvalue weighted by molar-refractivity contribution is -0.131. The average Bonchev–Trinajstić information content (AvgIpc) is 2.97. The summed E-state index contributed by atoms with van der Waals surface area (Å²) in [5, 5.41) is 0.702. The molecule has 0 saturated carbocycles. The summed E-state index contributed by atoms with van der Waals surface area (Å²) in [7, 11) is 1.82. The summed E-state index contributed by atoms with van der Waals surface area (Å²) >= 11 is 5.87. The summed E-state index contributed by atoms with van der Waals surface area (Å²) in [5.41, 5.74) is 1.07. The highest BCUT2D eigenvalue weighted by Gasteiger charge is 2.17. The molecule has 0 aliphatic rings. The number of furan rings is 1. The third-order valence-electron chi connectivity index (χ3n) is 3.49. The maximum absolute atomic E-state index is 12.2. The predicted molar refractivity (Wildman–Crippen MR) is 79.7 cm³/mol. The van der Waals surface area contributed by atoms with Crippen LogP contribution in [0.15, 0.2) is 47.1 Å². The van der Waals surface area contributed by atoms with Crippen molar-refractivity contribution >= 4 is 17.5 Å². The number of halogens is 1. The van der Waals surface area contributed by atoms with E-state index in [0.29, 0.717) is 17.9 Å². The lowest BCUT2D eigenvalue weighted by Crippen LogP contribution is -2.29. The van der Waals surface area contributed by atoms with E-state index in [1.807, 2.05) is 50.4 Å². The Balaban J connectivity index is 1.93. The monoisotopic (exact) mass is 291 g/mol. The molecule has 0 spiro atoms. The summed E-state index contributed by atoms with van der Waals surface area (Å²) in [5.74, 6) is 0.940. The molecule has 0 saturated heterocycles. The number of carbonyl (C=O) groups is 1. The Hall–Kier alpha value is -1.74. The average molecular weight is 292 g/mol. The van der Waals surface area contributed by atoms with Crippen LogP contribution in [0.1, 0.15) is 30.7 Å². The van der Waals surface area contributed by atoms with E-state index in [2.05, 4.69) is 0 Å². The van der Waals surface area contributed by atoms with E-state index in [0.717, 1.165) is 11.3 Å². The standard InChI is InChI=1S/C16H18ClNO2/c1-12(13-5-7-14(17)8-6-13)18(2)16(19)10-9-15-4-3-11-20-15/h3-8,11-12H,9-10H2,1-2H3. The van der Waals surface area contributed by atoms with Crippen molar-refractivity contribution < 1.29 is 9.21 Å². The zero-order valence-corrected chi connectivity index (χ0v) is 12.4. The molecular weight excluding hydrogens is 274 g/mol. The quantitative estimate of drug-likeness (QED) is 0.831. The highest BCUT2D eigenvalue weighted by molar-refractivity contribution is 6.30. The number of hydrogen-bond donors (Lipinski definition) is 0. The first-order valence-electron chi connectivity index (χ1n) is 6.61. The molecule has 1 aromatic heterocycles. The van der Waals surface area contributed by atoms with Gasteiger partial charge in [-0.25, -0.2) is 0 Å². The zero-order chi connectivity index (χ0) is 14.5. The minimum Gasteiger partial charge on any atom is -0.469 e. The Labute approximate surface area is 124 Å². The van der Waals surface area contributed by atoms with Gasteiger partial charge in [0.05, 0.1) is 12.3 Å². The predicted octanol–water partition coefficient (Wildman–Crippen LogP) is 4.09. The van der Waals surface area contributed by atoms with Gasteiger partial charge in [0.15, 0.2) is 0 Å². The van der Waals surface area contributed by atoms with Crippen molar-refractivity contribution in [2.75, 3.05) is 7.05 Å². The van der Waals surface area contributed by atoms with Crippen LogP contribution in [-0.2, 0) is 11.2 Å². The Kier molecular flexibility index (Phi) is 4.85. The second-order valence-electron chi connectivity index (χ2n) is 4.81. The van der Waals surface area contributed by atoms with E-state index in [4.69, 9.17) is 16.0 Å². The van der Waals surface area contributed by atoms with Crippen molar-refractivity contribution in [3.05, 3.63) is 59.0 Å². The largest absolute Gasteiger partial charge is 0.469 e. The van der Waals surface area contributed by atoms with Gasteiger partial charge in [-0.05, 0) is 36.8 Å². The highest BCUT2D eigenvalue weighted by atomic mass is 35.5. The van der Waals surface area contributed by atoms with Crippen molar-refractivity contribution in [3.8, 4) is 0 Å². The minimum atomic E-state index is 0.0244. The summed E-state index contributed by atoms with van der Waals surface area (Å²) in [6, 6.07) is 11.3. The van der Waals surface area contributed by atoms with Crippen LogP contribution in [0.25, 0.3) is 0 Å². The minimum absolute atomic E-state index is 0.0244. The van der Waals surface area contributed by atoms with Gasteiger partial charge in [-0.2, -0.15) is 0 Å². The Morgan fingerprint density at radius 1 is 1.30 bits per heavy atom. The lowest BCUT2D eigenvalue weighted by atomic mass is 10.1. The first-order chi connectivity index (χ1) is 9.58. The van der Waals surface area contributed by atoms with E-state index in [1.54, 1.807) is 11.2 Å². The van der Waals surface area contributed by atoms with Gasteiger partial charge in [-0.15, -0.1) is 0 Å². The van der Waals surface area contributed by atoms with Crippen molar-refractivity contribution in [1.82, 2.24) is 4.90 Å². The molecule has 4 heteroatoms. The second-order valence-corrected chi connectivity index (χ2v) is 5.25. The molecule has 1 atom stereocenters. The number of benzene rings is 1. The summed E-state index contributed by atoms with van der Waals surface area (Å²) in [6.07, 6.45) is 2.70. The number of hydrogen-bond acceptors (Lipinski definition) is 2. The molecule has 0 fully saturated rings. The van der Waals surface area contributed by atoms with Gasteiger partial charge in [0.1, 0.15) is 5.76 Å². The van der Waals surface area contributed by atoms with Gasteiger partial charge in [-0.1, -0.05) is 23.7 Å². The Morgan fingerprint density at radius 2 is 2.00 bits per heavy atom. The molecule has 0 N–H and O–H groups in total. The van der Waals surface area contributed by atoms with Crippen LogP contribution in [0.2, 0.25) is 5.02 Å². The van der Waals surface area contributed by atoms with E-state index in [-0.39, 0.29) is 11.9 Å². The molecule has 1 heterocycles. The summed E-state index contributed by atoms with van der Waals surface area (Å²) in [4.78, 5) is 13.9. The topological polar surface area (TPSA) is 33.5 Å². The van der Waals surface area contributed by atoms with Crippen LogP contribution in [0, 0.1) is 0 Å². The number of nitrogens with zero attached hydrogens (tertiary/aromatic N) is 1. The lowest BCUT2D eigenvalue weighted by Gasteiger charge is -2.25. The molecule has 1 aromatic carbocycles. The van der Waals surface area contributed by atoms with E-state index in [1.165, 1.54) is 0 Å². The van der Waals surface area contributed by atoms with Crippen LogP contribution >= 0.6 is 11.6 Å². The molecular formula is C16H18ClNO2. The smallest absolute Gasteiger partial charge is 0.223 e. The number of rotatable bonds is 5. The van der Waals surface area contributed by atoms with Crippen LogP contribution < -0.4 is 0 Å². The maximum Gasteiger partial charge on any atom is 0.223 e. The first-order valence-corrected chi connectivity index (χ1v) is 6.99. The molecule has 3 nitrogen and oxygen atoms in total. The van der Waals surface area contributed by atoms with Gasteiger partial charge in [0.2, 0.25) is 5.91 Å². The zero-order valence-electron chi connectivity index (χ0n) is 11.7. The van der Waals surface area contributed by atoms with Gasteiger partial charge in [0.25, 0.3) is 0 Å². The van der Waals surface area contributed by atoms with Crippen molar-refractivity contribution in [2.45, 2.75) is 25.8 Å². The third kappa shape index (κ3) is 3.64. The maximum atomic E-state index is 12.2. The number of carbonyl (C=O) groups excluding carboxylic acids is 1. The van der Waals surface area contributed by atoms with Gasteiger partial charge in [-0.3, -0.25) is 4.79 Å². The molecule has 1 unspecified atom stereocenters. The first kappa shape index (κ1) is 14.7. The molecule has 106 valence electrons. The SMILES string of the molecule is CC(c1ccc(Cl)cc1)N(C)C(=O)CCc1ccco1. The fourth-order valence-electron chi connectivity index (χ4n) is 2.04. The third-order valence-corrected chi connectivity index (χ3v) is 3.74. The van der Waals surface area contributed by atoms with Crippen molar-refractivity contribution in [1.29, 1.82) is 0 Å². The fraction of sp³-hybridized carbons (Fsp3) is 0.312. The van der Waals surface area contributed by atoms with E-state index in [9.17, 15) is 4.79 Å². The van der Waals surface area contributed by atoms with Gasteiger partial charge >= 0.3 is 0 Å². The normalized spacial score (nSPS) is 12.2. The fourth-order valence-corrected chi connectivity index (χ4v) is 2.17. The van der Waals surface area contributed by atoms with Gasteiger partial charge in [0, 0.05) is 24.9 Å². The molecule has 0 aliphatic carbocycles. The summed E-state index contributed by atoms with van der Waals surface area (Å²) < 4.78 is 5.24. The van der Waals surface area contributed by atoms with Crippen LogP contribution in [0.3, 0.4) is 0 Å². The molecule has 2 aromatic rings. The van der Waals surface area contributed by atoms with E-state index >= 15 is 0 Å². The molecule has 0 bridgehead atoms. The van der Waals surface area contributed by atoms with Crippen molar-refractivity contribution in [2.24, 2.45) is 0 Å². The molecule has 1 amide bonds. The number of amides is 1. The Bertz CT molecular complexity index is 548. The molecule has 0 radical (unpaired) electrons. The second kappa shape index (κ2) is 6.62. The van der Waals surface area contributed by atoms with Gasteiger partial charge < -0.3 is 9.32 Å².